The first-order valence-corrected chi connectivity index (χ1v) is 8.23. The van der Waals surface area contributed by atoms with Crippen LogP contribution in [0.5, 0.6) is 0 Å². The van der Waals surface area contributed by atoms with Gasteiger partial charge in [-0.3, -0.25) is 4.79 Å². The lowest BCUT2D eigenvalue weighted by Gasteiger charge is -2.32. The normalized spacial score (nSPS) is 27.4. The molecule has 1 amide bonds. The quantitative estimate of drug-likeness (QED) is 0.610. The Morgan fingerprint density at radius 1 is 1.14 bits per heavy atom. The number of ether oxygens (including phenoxy) is 1. The molecule has 0 aromatic rings. The van der Waals surface area contributed by atoms with Crippen LogP contribution in [0.25, 0.3) is 0 Å². The van der Waals surface area contributed by atoms with Crippen molar-refractivity contribution in [1.82, 2.24) is 5.32 Å². The first-order chi connectivity index (χ1) is 10.1. The minimum Gasteiger partial charge on any atom is -0.467 e. The number of nitrogens with one attached hydrogen (secondary N) is 1. The lowest BCUT2D eigenvalue weighted by molar-refractivity contribution is -0.152. The van der Waals surface area contributed by atoms with Crippen molar-refractivity contribution in [3.8, 4) is 0 Å². The van der Waals surface area contributed by atoms with Crippen molar-refractivity contribution in [2.75, 3.05) is 13.7 Å². The van der Waals surface area contributed by atoms with Crippen molar-refractivity contribution in [1.29, 1.82) is 0 Å². The number of methoxy groups -OCH3 is 1. The van der Waals surface area contributed by atoms with E-state index in [0.29, 0.717) is 19.4 Å². The molecule has 0 heterocycles. The Labute approximate surface area is 139 Å². The third-order valence-electron chi connectivity index (χ3n) is 5.19. The van der Waals surface area contributed by atoms with Crippen LogP contribution in [0.1, 0.15) is 57.8 Å². The zero-order chi connectivity index (χ0) is 15.3. The number of carbonyl (C=O) groups excluding carboxylic acids is 2. The third kappa shape index (κ3) is 4.13. The lowest BCUT2D eigenvalue weighted by atomic mass is 9.87. The van der Waals surface area contributed by atoms with Crippen molar-refractivity contribution in [2.45, 2.75) is 63.3 Å². The summed E-state index contributed by atoms with van der Waals surface area (Å²) in [6.07, 6.45) is 8.46. The second-order valence-corrected chi connectivity index (χ2v) is 6.51. The predicted octanol–water partition coefficient (Wildman–Crippen LogP) is 2.17. The molecular formula is C16H29ClN2O3. The molecule has 0 spiro atoms. The first kappa shape index (κ1) is 19.2. The number of hydrogen-bond donors (Lipinski definition) is 2. The molecule has 5 nitrogen and oxygen atoms in total. The third-order valence-corrected chi connectivity index (χ3v) is 5.19. The Morgan fingerprint density at radius 2 is 1.77 bits per heavy atom. The van der Waals surface area contributed by atoms with Crippen LogP contribution in [0.15, 0.2) is 0 Å². The van der Waals surface area contributed by atoms with Gasteiger partial charge in [-0.2, -0.15) is 0 Å². The summed E-state index contributed by atoms with van der Waals surface area (Å²) in [4.78, 5) is 24.9. The van der Waals surface area contributed by atoms with E-state index in [-0.39, 0.29) is 36.1 Å². The van der Waals surface area contributed by atoms with E-state index in [1.165, 1.54) is 7.11 Å². The fourth-order valence-electron chi connectivity index (χ4n) is 3.90. The van der Waals surface area contributed by atoms with Gasteiger partial charge in [0.15, 0.2) is 0 Å². The van der Waals surface area contributed by atoms with Gasteiger partial charge in [0, 0.05) is 5.92 Å². The van der Waals surface area contributed by atoms with Gasteiger partial charge in [0.1, 0.15) is 5.54 Å². The van der Waals surface area contributed by atoms with Gasteiger partial charge in [0.25, 0.3) is 0 Å². The summed E-state index contributed by atoms with van der Waals surface area (Å²) in [7, 11) is 1.40. The minimum atomic E-state index is -0.815. The highest BCUT2D eigenvalue weighted by Gasteiger charge is 2.43. The number of amides is 1. The highest BCUT2D eigenvalue weighted by atomic mass is 35.5. The van der Waals surface area contributed by atoms with Crippen LogP contribution in [0.2, 0.25) is 0 Å². The zero-order valence-electron chi connectivity index (χ0n) is 13.4. The number of carbonyl (C=O) groups is 2. The minimum absolute atomic E-state index is 0. The van der Waals surface area contributed by atoms with Crippen LogP contribution in [0.4, 0.5) is 0 Å². The van der Waals surface area contributed by atoms with E-state index in [9.17, 15) is 9.59 Å². The highest BCUT2D eigenvalue weighted by molar-refractivity contribution is 5.89. The molecule has 0 aromatic heterocycles. The van der Waals surface area contributed by atoms with E-state index in [0.717, 1.165) is 44.9 Å². The fraction of sp³-hybridized carbons (Fsp3) is 0.875. The Bertz CT molecular complexity index is 382. The Morgan fingerprint density at radius 3 is 2.32 bits per heavy atom. The number of nitrogens with two attached hydrogens (primary N) is 1. The molecule has 0 saturated heterocycles. The maximum Gasteiger partial charge on any atom is 0.331 e. The number of esters is 1. The maximum atomic E-state index is 12.6. The average molecular weight is 333 g/mol. The second kappa shape index (κ2) is 8.73. The van der Waals surface area contributed by atoms with Gasteiger partial charge in [-0.15, -0.1) is 12.4 Å². The molecule has 2 saturated carbocycles. The van der Waals surface area contributed by atoms with Gasteiger partial charge in [0.2, 0.25) is 5.91 Å². The monoisotopic (exact) mass is 332 g/mol. The van der Waals surface area contributed by atoms with E-state index < -0.39 is 5.54 Å². The van der Waals surface area contributed by atoms with Crippen molar-refractivity contribution < 1.29 is 14.3 Å². The van der Waals surface area contributed by atoms with Crippen molar-refractivity contribution >= 4 is 24.3 Å². The lowest BCUT2D eigenvalue weighted by Crippen LogP contribution is -2.56. The smallest absolute Gasteiger partial charge is 0.331 e. The largest absolute Gasteiger partial charge is 0.467 e. The molecule has 2 atom stereocenters. The van der Waals surface area contributed by atoms with Crippen LogP contribution in [0.3, 0.4) is 0 Å². The Hall–Kier alpha value is -0.810. The van der Waals surface area contributed by atoms with E-state index in [1.54, 1.807) is 0 Å². The zero-order valence-corrected chi connectivity index (χ0v) is 14.3. The molecule has 0 unspecified atom stereocenters. The van der Waals surface area contributed by atoms with Crippen LogP contribution >= 0.6 is 12.4 Å². The van der Waals surface area contributed by atoms with Gasteiger partial charge in [-0.25, -0.2) is 4.79 Å². The van der Waals surface area contributed by atoms with Gasteiger partial charge in [0.05, 0.1) is 7.11 Å². The maximum absolute atomic E-state index is 12.6. The number of halogens is 1. The number of hydrogen-bond acceptors (Lipinski definition) is 4. The van der Waals surface area contributed by atoms with Crippen LogP contribution in [0, 0.1) is 11.8 Å². The first-order valence-electron chi connectivity index (χ1n) is 8.23. The van der Waals surface area contributed by atoms with Gasteiger partial charge in [-0.05, 0) is 38.1 Å². The van der Waals surface area contributed by atoms with Crippen molar-refractivity contribution in [3.63, 3.8) is 0 Å². The van der Waals surface area contributed by atoms with Crippen molar-refractivity contribution in [2.24, 2.45) is 17.6 Å². The SMILES string of the molecule is COC(=O)C1(NC(=O)[C@@H]2CCC[C@@H]2CN)CCCCCC1.Cl. The fourth-order valence-corrected chi connectivity index (χ4v) is 3.90. The molecule has 3 N–H and O–H groups in total. The molecule has 6 heteroatoms. The average Bonchev–Trinajstić information content (AvgIpc) is 2.86. The van der Waals surface area contributed by atoms with Crippen LogP contribution in [-0.4, -0.2) is 31.1 Å². The second-order valence-electron chi connectivity index (χ2n) is 6.51. The van der Waals surface area contributed by atoms with E-state index in [4.69, 9.17) is 10.5 Å². The van der Waals surface area contributed by atoms with E-state index in [1.807, 2.05) is 0 Å². The van der Waals surface area contributed by atoms with E-state index >= 15 is 0 Å². The standard InChI is InChI=1S/C16H28N2O3.ClH/c1-21-15(20)16(9-4-2-3-5-10-16)18-14(19)13-8-6-7-12(13)11-17;/h12-13H,2-11,17H2,1H3,(H,18,19);1H/t12-,13-;/m1./s1. The Balaban J connectivity index is 0.00000242. The van der Waals surface area contributed by atoms with Crippen molar-refractivity contribution in [3.05, 3.63) is 0 Å². The molecular weight excluding hydrogens is 304 g/mol. The predicted molar refractivity (Wildman–Crippen MR) is 87.7 cm³/mol. The summed E-state index contributed by atoms with van der Waals surface area (Å²) in [6, 6.07) is 0. The molecule has 0 radical (unpaired) electrons. The summed E-state index contributed by atoms with van der Waals surface area (Å²) >= 11 is 0. The molecule has 2 fully saturated rings. The molecule has 0 bridgehead atoms. The van der Waals surface area contributed by atoms with Crippen LogP contribution < -0.4 is 11.1 Å². The van der Waals surface area contributed by atoms with Gasteiger partial charge >= 0.3 is 5.97 Å². The molecule has 0 aliphatic heterocycles. The molecule has 128 valence electrons. The summed E-state index contributed by atoms with van der Waals surface area (Å²) < 4.78 is 4.99. The summed E-state index contributed by atoms with van der Waals surface area (Å²) in [5.74, 6) is -0.0828. The topological polar surface area (TPSA) is 81.4 Å². The molecule has 2 aliphatic rings. The highest BCUT2D eigenvalue weighted by Crippen LogP contribution is 2.33. The van der Waals surface area contributed by atoms with Crippen LogP contribution in [-0.2, 0) is 14.3 Å². The van der Waals surface area contributed by atoms with Gasteiger partial charge in [-0.1, -0.05) is 32.1 Å². The molecule has 0 aromatic carbocycles. The summed E-state index contributed by atoms with van der Waals surface area (Å²) in [5.41, 5.74) is 4.95. The number of rotatable bonds is 4. The molecule has 2 aliphatic carbocycles. The van der Waals surface area contributed by atoms with E-state index in [2.05, 4.69) is 5.32 Å². The molecule has 22 heavy (non-hydrogen) atoms. The molecule has 2 rings (SSSR count). The van der Waals surface area contributed by atoms with Gasteiger partial charge < -0.3 is 15.8 Å². The summed E-state index contributed by atoms with van der Waals surface area (Å²) in [5, 5.41) is 3.06. The Kier molecular flexibility index (Phi) is 7.63. The summed E-state index contributed by atoms with van der Waals surface area (Å²) in [6.45, 7) is 0.545.